The third-order valence-corrected chi connectivity index (χ3v) is 5.17. The first-order chi connectivity index (χ1) is 14.4. The van der Waals surface area contributed by atoms with Gasteiger partial charge in [-0.3, -0.25) is 9.59 Å². The van der Waals surface area contributed by atoms with Crippen LogP contribution in [-0.2, 0) is 20.9 Å². The standard InChI is InChI=1S/C25H27NO4/c1-16-5-7-19(8-6-16)15-26-24(27)18(3)30-25(28)17(2)20-9-10-22-14-23(29-4)12-11-21(22)13-20/h5-14,17-18H,15H2,1-4H3,(H,26,27)/t17-,18+/m0/s1. The van der Waals surface area contributed by atoms with Gasteiger partial charge in [0, 0.05) is 6.54 Å². The average molecular weight is 405 g/mol. The van der Waals surface area contributed by atoms with Crippen molar-refractivity contribution in [3.8, 4) is 5.75 Å². The van der Waals surface area contributed by atoms with E-state index < -0.39 is 18.0 Å². The molecule has 0 heterocycles. The molecule has 0 spiro atoms. The number of methoxy groups -OCH3 is 1. The molecule has 0 aliphatic heterocycles. The second kappa shape index (κ2) is 9.44. The summed E-state index contributed by atoms with van der Waals surface area (Å²) in [6.07, 6.45) is -0.866. The monoisotopic (exact) mass is 405 g/mol. The number of amides is 1. The van der Waals surface area contributed by atoms with Gasteiger partial charge in [0.2, 0.25) is 0 Å². The zero-order valence-corrected chi connectivity index (χ0v) is 17.8. The van der Waals surface area contributed by atoms with E-state index in [0.717, 1.165) is 33.2 Å². The van der Waals surface area contributed by atoms with E-state index in [1.807, 2.05) is 67.6 Å². The van der Waals surface area contributed by atoms with Crippen molar-refractivity contribution in [1.82, 2.24) is 5.32 Å². The zero-order chi connectivity index (χ0) is 21.7. The quantitative estimate of drug-likeness (QED) is 0.588. The molecular formula is C25H27NO4. The number of benzene rings is 3. The van der Waals surface area contributed by atoms with Crippen molar-refractivity contribution in [2.45, 2.75) is 39.3 Å². The molecular weight excluding hydrogens is 378 g/mol. The van der Waals surface area contributed by atoms with Gasteiger partial charge in [0.1, 0.15) is 5.75 Å². The summed E-state index contributed by atoms with van der Waals surface area (Å²) < 4.78 is 10.7. The smallest absolute Gasteiger partial charge is 0.313 e. The zero-order valence-electron chi connectivity index (χ0n) is 17.8. The van der Waals surface area contributed by atoms with E-state index in [-0.39, 0.29) is 5.91 Å². The lowest BCUT2D eigenvalue weighted by Gasteiger charge is -2.17. The van der Waals surface area contributed by atoms with Gasteiger partial charge in [0.15, 0.2) is 6.10 Å². The van der Waals surface area contributed by atoms with Gasteiger partial charge in [-0.05, 0) is 54.8 Å². The van der Waals surface area contributed by atoms with Crippen molar-refractivity contribution in [3.63, 3.8) is 0 Å². The molecule has 3 rings (SSSR count). The number of hydrogen-bond acceptors (Lipinski definition) is 4. The van der Waals surface area contributed by atoms with Gasteiger partial charge in [-0.2, -0.15) is 0 Å². The Morgan fingerprint density at radius 1 is 0.933 bits per heavy atom. The van der Waals surface area contributed by atoms with Crippen molar-refractivity contribution in [2.75, 3.05) is 7.11 Å². The van der Waals surface area contributed by atoms with Crippen molar-refractivity contribution in [2.24, 2.45) is 0 Å². The highest BCUT2D eigenvalue weighted by Crippen LogP contribution is 2.26. The van der Waals surface area contributed by atoms with Crippen LogP contribution in [0.3, 0.4) is 0 Å². The van der Waals surface area contributed by atoms with Gasteiger partial charge in [-0.15, -0.1) is 0 Å². The summed E-state index contributed by atoms with van der Waals surface area (Å²) in [7, 11) is 1.63. The first-order valence-electron chi connectivity index (χ1n) is 9.99. The number of hydrogen-bond donors (Lipinski definition) is 1. The minimum atomic E-state index is -0.866. The summed E-state index contributed by atoms with van der Waals surface area (Å²) >= 11 is 0. The molecule has 3 aromatic rings. The van der Waals surface area contributed by atoms with Crippen LogP contribution in [0.1, 0.15) is 36.5 Å². The molecule has 0 fully saturated rings. The van der Waals surface area contributed by atoms with Crippen LogP contribution in [0.25, 0.3) is 10.8 Å². The van der Waals surface area contributed by atoms with Crippen LogP contribution in [0.5, 0.6) is 5.75 Å². The van der Waals surface area contributed by atoms with Crippen LogP contribution >= 0.6 is 0 Å². The third-order valence-electron chi connectivity index (χ3n) is 5.17. The number of ether oxygens (including phenoxy) is 2. The van der Waals surface area contributed by atoms with Crippen LogP contribution in [-0.4, -0.2) is 25.1 Å². The Labute approximate surface area is 177 Å². The van der Waals surface area contributed by atoms with Gasteiger partial charge < -0.3 is 14.8 Å². The van der Waals surface area contributed by atoms with Crippen LogP contribution in [0.2, 0.25) is 0 Å². The molecule has 30 heavy (non-hydrogen) atoms. The van der Waals surface area contributed by atoms with E-state index in [1.165, 1.54) is 0 Å². The van der Waals surface area contributed by atoms with E-state index >= 15 is 0 Å². The molecule has 0 radical (unpaired) electrons. The SMILES string of the molecule is COc1ccc2cc([C@H](C)C(=O)O[C@H](C)C(=O)NCc3ccc(C)cc3)ccc2c1. The summed E-state index contributed by atoms with van der Waals surface area (Å²) in [5, 5.41) is 4.85. The van der Waals surface area contributed by atoms with Gasteiger partial charge >= 0.3 is 5.97 Å². The van der Waals surface area contributed by atoms with Crippen LogP contribution < -0.4 is 10.1 Å². The molecule has 0 aliphatic rings. The highest BCUT2D eigenvalue weighted by molar-refractivity contribution is 5.88. The van der Waals surface area contributed by atoms with E-state index in [4.69, 9.17) is 9.47 Å². The molecule has 0 saturated heterocycles. The van der Waals surface area contributed by atoms with Crippen LogP contribution in [0, 0.1) is 6.92 Å². The van der Waals surface area contributed by atoms with Crippen molar-refractivity contribution in [3.05, 3.63) is 77.4 Å². The van der Waals surface area contributed by atoms with Gasteiger partial charge in [0.05, 0.1) is 13.0 Å². The second-order valence-corrected chi connectivity index (χ2v) is 7.48. The Morgan fingerprint density at radius 3 is 2.30 bits per heavy atom. The summed E-state index contributed by atoms with van der Waals surface area (Å²) in [5.74, 6) is -0.445. The molecule has 3 aromatic carbocycles. The first kappa shape index (κ1) is 21.4. The molecule has 1 amide bonds. The van der Waals surface area contributed by atoms with E-state index in [1.54, 1.807) is 21.0 Å². The third kappa shape index (κ3) is 5.17. The van der Waals surface area contributed by atoms with Gasteiger partial charge in [-0.1, -0.05) is 54.1 Å². The Kier molecular flexibility index (Phi) is 6.72. The minimum absolute atomic E-state index is 0.318. The highest BCUT2D eigenvalue weighted by Gasteiger charge is 2.23. The number of fused-ring (bicyclic) bond motifs is 1. The van der Waals surface area contributed by atoms with Crippen molar-refractivity contribution < 1.29 is 19.1 Å². The summed E-state index contributed by atoms with van der Waals surface area (Å²) in [6.45, 7) is 5.77. The summed E-state index contributed by atoms with van der Waals surface area (Å²) in [4.78, 5) is 24.9. The Morgan fingerprint density at radius 2 is 1.60 bits per heavy atom. The van der Waals surface area contributed by atoms with E-state index in [9.17, 15) is 9.59 Å². The Balaban J connectivity index is 1.59. The lowest BCUT2D eigenvalue weighted by molar-refractivity contribution is -0.156. The van der Waals surface area contributed by atoms with Crippen molar-refractivity contribution >= 4 is 22.6 Å². The molecule has 2 atom stereocenters. The Hall–Kier alpha value is -3.34. The predicted octanol–water partition coefficient (Wildman–Crippen LogP) is 4.51. The fraction of sp³-hybridized carbons (Fsp3) is 0.280. The number of carbonyl (C=O) groups is 2. The fourth-order valence-corrected chi connectivity index (χ4v) is 3.14. The molecule has 0 saturated carbocycles. The molecule has 0 unspecified atom stereocenters. The normalized spacial score (nSPS) is 12.8. The second-order valence-electron chi connectivity index (χ2n) is 7.48. The lowest BCUT2D eigenvalue weighted by atomic mass is 9.98. The van der Waals surface area contributed by atoms with E-state index in [2.05, 4.69) is 5.32 Å². The molecule has 5 nitrogen and oxygen atoms in total. The minimum Gasteiger partial charge on any atom is -0.497 e. The number of nitrogens with one attached hydrogen (secondary N) is 1. The molecule has 156 valence electrons. The highest BCUT2D eigenvalue weighted by atomic mass is 16.5. The van der Waals surface area contributed by atoms with Crippen molar-refractivity contribution in [1.29, 1.82) is 0 Å². The van der Waals surface area contributed by atoms with Crippen LogP contribution in [0.4, 0.5) is 0 Å². The molecule has 5 heteroatoms. The maximum absolute atomic E-state index is 12.6. The Bertz CT molecular complexity index is 1040. The number of rotatable bonds is 7. The van der Waals surface area contributed by atoms with E-state index in [0.29, 0.717) is 6.54 Å². The maximum Gasteiger partial charge on any atom is 0.313 e. The summed E-state index contributed by atoms with van der Waals surface area (Å²) in [5.41, 5.74) is 2.99. The first-order valence-corrected chi connectivity index (χ1v) is 9.99. The molecule has 0 aliphatic carbocycles. The fourth-order valence-electron chi connectivity index (χ4n) is 3.14. The molecule has 1 N–H and O–H groups in total. The lowest BCUT2D eigenvalue weighted by Crippen LogP contribution is -2.36. The maximum atomic E-state index is 12.6. The predicted molar refractivity (Wildman–Crippen MR) is 117 cm³/mol. The van der Waals surface area contributed by atoms with Gasteiger partial charge in [0.25, 0.3) is 5.91 Å². The van der Waals surface area contributed by atoms with Crippen LogP contribution in [0.15, 0.2) is 60.7 Å². The summed E-state index contributed by atoms with van der Waals surface area (Å²) in [6, 6.07) is 19.5. The number of carbonyl (C=O) groups excluding carboxylic acids is 2. The largest absolute Gasteiger partial charge is 0.497 e. The molecule has 0 bridgehead atoms. The molecule has 0 aromatic heterocycles. The number of esters is 1. The number of aryl methyl sites for hydroxylation is 1. The average Bonchev–Trinajstić information content (AvgIpc) is 2.77. The van der Waals surface area contributed by atoms with Gasteiger partial charge in [-0.25, -0.2) is 0 Å². The topological polar surface area (TPSA) is 64.6 Å².